The molecule has 2 aromatic rings. The van der Waals surface area contributed by atoms with E-state index < -0.39 is 0 Å². The molecular weight excluding hydrogens is 242 g/mol. The van der Waals surface area contributed by atoms with Crippen molar-refractivity contribution in [3.63, 3.8) is 0 Å². The first kappa shape index (κ1) is 11.8. The van der Waals surface area contributed by atoms with Crippen LogP contribution in [0.3, 0.4) is 0 Å². The molecule has 0 atom stereocenters. The van der Waals surface area contributed by atoms with Gasteiger partial charge < -0.3 is 14.2 Å². The predicted octanol–water partition coefficient (Wildman–Crippen LogP) is 1.64. The topological polar surface area (TPSA) is 49.6 Å². The Bertz CT molecular complexity index is 531. The summed E-state index contributed by atoms with van der Waals surface area (Å²) in [5.41, 5.74) is 1.73. The van der Waals surface area contributed by atoms with Crippen LogP contribution in [0, 0.1) is 0 Å². The lowest BCUT2D eigenvalue weighted by Gasteiger charge is -2.35. The SMILES string of the molecule is O=C(c1ccoc1)N1CCN(c2cccnc2)CC1. The molecule has 19 heavy (non-hydrogen) atoms. The number of furan rings is 1. The van der Waals surface area contributed by atoms with Gasteiger partial charge in [0, 0.05) is 32.4 Å². The van der Waals surface area contributed by atoms with Gasteiger partial charge in [0.25, 0.3) is 5.91 Å². The molecule has 0 saturated carbocycles. The van der Waals surface area contributed by atoms with Crippen molar-refractivity contribution in [3.05, 3.63) is 48.7 Å². The Kier molecular flexibility index (Phi) is 3.18. The number of amides is 1. The number of hydrogen-bond donors (Lipinski definition) is 0. The molecule has 5 nitrogen and oxygen atoms in total. The van der Waals surface area contributed by atoms with Gasteiger partial charge in [0.05, 0.1) is 23.7 Å². The van der Waals surface area contributed by atoms with Gasteiger partial charge in [-0.25, -0.2) is 0 Å². The van der Waals surface area contributed by atoms with E-state index in [2.05, 4.69) is 9.88 Å². The molecular formula is C14H15N3O2. The van der Waals surface area contributed by atoms with Crippen molar-refractivity contribution < 1.29 is 9.21 Å². The quantitative estimate of drug-likeness (QED) is 0.820. The zero-order chi connectivity index (χ0) is 13.1. The van der Waals surface area contributed by atoms with Crippen molar-refractivity contribution in [3.8, 4) is 0 Å². The van der Waals surface area contributed by atoms with Crippen LogP contribution in [-0.4, -0.2) is 42.0 Å². The fraction of sp³-hybridized carbons (Fsp3) is 0.286. The van der Waals surface area contributed by atoms with Crippen LogP contribution in [0.1, 0.15) is 10.4 Å². The lowest BCUT2D eigenvalue weighted by Crippen LogP contribution is -2.48. The molecule has 5 heteroatoms. The standard InChI is InChI=1S/C14H15N3O2/c18-14(12-3-9-19-11-12)17-7-5-16(6-8-17)13-2-1-4-15-10-13/h1-4,9-11H,5-8H2. The maximum atomic E-state index is 12.1. The van der Waals surface area contributed by atoms with Crippen molar-refractivity contribution >= 4 is 11.6 Å². The van der Waals surface area contributed by atoms with E-state index in [1.807, 2.05) is 23.2 Å². The van der Waals surface area contributed by atoms with E-state index in [-0.39, 0.29) is 5.91 Å². The van der Waals surface area contributed by atoms with Gasteiger partial charge in [-0.05, 0) is 18.2 Å². The summed E-state index contributed by atoms with van der Waals surface area (Å²) in [6.07, 6.45) is 6.64. The molecule has 3 rings (SSSR count). The highest BCUT2D eigenvalue weighted by Crippen LogP contribution is 2.15. The monoisotopic (exact) mass is 257 g/mol. The summed E-state index contributed by atoms with van der Waals surface area (Å²) < 4.78 is 4.95. The number of rotatable bonds is 2. The van der Waals surface area contributed by atoms with Gasteiger partial charge in [0.15, 0.2) is 0 Å². The number of aromatic nitrogens is 1. The van der Waals surface area contributed by atoms with E-state index in [4.69, 9.17) is 4.42 Å². The maximum absolute atomic E-state index is 12.1. The summed E-state index contributed by atoms with van der Waals surface area (Å²) in [4.78, 5) is 20.4. The smallest absolute Gasteiger partial charge is 0.257 e. The van der Waals surface area contributed by atoms with Gasteiger partial charge in [-0.3, -0.25) is 9.78 Å². The number of anilines is 1. The molecule has 3 heterocycles. The summed E-state index contributed by atoms with van der Waals surface area (Å²) in [6.45, 7) is 3.10. The van der Waals surface area contributed by atoms with Crippen LogP contribution < -0.4 is 4.90 Å². The van der Waals surface area contributed by atoms with Gasteiger partial charge in [-0.15, -0.1) is 0 Å². The number of carbonyl (C=O) groups excluding carboxylic acids is 1. The van der Waals surface area contributed by atoms with Crippen LogP contribution >= 0.6 is 0 Å². The predicted molar refractivity (Wildman–Crippen MR) is 71.1 cm³/mol. The second kappa shape index (κ2) is 5.14. The highest BCUT2D eigenvalue weighted by atomic mass is 16.3. The Labute approximate surface area is 111 Å². The summed E-state index contributed by atoms with van der Waals surface area (Å²) >= 11 is 0. The van der Waals surface area contributed by atoms with Gasteiger partial charge in [0.2, 0.25) is 0 Å². The van der Waals surface area contributed by atoms with E-state index in [1.54, 1.807) is 12.3 Å². The first-order valence-corrected chi connectivity index (χ1v) is 6.31. The fourth-order valence-electron chi connectivity index (χ4n) is 2.28. The molecule has 0 unspecified atom stereocenters. The van der Waals surface area contributed by atoms with Gasteiger partial charge in [-0.1, -0.05) is 0 Å². The minimum absolute atomic E-state index is 0.0413. The second-order valence-electron chi connectivity index (χ2n) is 4.50. The minimum atomic E-state index is 0.0413. The Morgan fingerprint density at radius 3 is 2.68 bits per heavy atom. The van der Waals surface area contributed by atoms with Gasteiger partial charge in [-0.2, -0.15) is 0 Å². The first-order chi connectivity index (χ1) is 9.34. The molecule has 1 saturated heterocycles. The minimum Gasteiger partial charge on any atom is -0.472 e. The van der Waals surface area contributed by atoms with Crippen LogP contribution in [0.2, 0.25) is 0 Å². The molecule has 0 spiro atoms. The van der Waals surface area contributed by atoms with Crippen molar-refractivity contribution in [2.45, 2.75) is 0 Å². The van der Waals surface area contributed by atoms with Crippen molar-refractivity contribution in [2.75, 3.05) is 31.1 Å². The van der Waals surface area contributed by atoms with E-state index in [9.17, 15) is 4.79 Å². The van der Waals surface area contributed by atoms with Crippen LogP contribution in [0.5, 0.6) is 0 Å². The Hall–Kier alpha value is -2.30. The largest absolute Gasteiger partial charge is 0.472 e. The molecule has 98 valence electrons. The number of piperazine rings is 1. The Morgan fingerprint density at radius 1 is 1.21 bits per heavy atom. The number of carbonyl (C=O) groups is 1. The molecule has 1 amide bonds. The molecule has 2 aromatic heterocycles. The first-order valence-electron chi connectivity index (χ1n) is 6.31. The third-order valence-corrected chi connectivity index (χ3v) is 3.35. The lowest BCUT2D eigenvalue weighted by molar-refractivity contribution is 0.0746. The van der Waals surface area contributed by atoms with E-state index in [0.717, 1.165) is 31.9 Å². The summed E-state index contributed by atoms with van der Waals surface area (Å²) in [7, 11) is 0. The van der Waals surface area contributed by atoms with Crippen LogP contribution in [0.25, 0.3) is 0 Å². The van der Waals surface area contributed by atoms with E-state index in [0.29, 0.717) is 5.56 Å². The molecule has 1 fully saturated rings. The molecule has 1 aliphatic rings. The normalized spacial score (nSPS) is 15.6. The summed E-state index contributed by atoms with van der Waals surface area (Å²) in [5, 5.41) is 0. The lowest BCUT2D eigenvalue weighted by atomic mass is 10.2. The summed E-state index contributed by atoms with van der Waals surface area (Å²) in [6, 6.07) is 5.68. The summed E-state index contributed by atoms with van der Waals surface area (Å²) in [5.74, 6) is 0.0413. The molecule has 0 aliphatic carbocycles. The second-order valence-corrected chi connectivity index (χ2v) is 4.50. The average Bonchev–Trinajstić information content (AvgIpc) is 3.02. The third kappa shape index (κ3) is 2.45. The number of hydrogen-bond acceptors (Lipinski definition) is 4. The Morgan fingerprint density at radius 2 is 2.05 bits per heavy atom. The van der Waals surface area contributed by atoms with Crippen LogP contribution in [0.15, 0.2) is 47.5 Å². The Balaban J connectivity index is 1.62. The maximum Gasteiger partial charge on any atom is 0.257 e. The molecule has 0 bridgehead atoms. The zero-order valence-corrected chi connectivity index (χ0v) is 10.5. The van der Waals surface area contributed by atoms with Crippen molar-refractivity contribution in [2.24, 2.45) is 0 Å². The van der Waals surface area contributed by atoms with E-state index in [1.165, 1.54) is 12.5 Å². The molecule has 0 aromatic carbocycles. The highest BCUT2D eigenvalue weighted by Gasteiger charge is 2.22. The number of nitrogens with zero attached hydrogens (tertiary/aromatic N) is 3. The highest BCUT2D eigenvalue weighted by molar-refractivity contribution is 5.94. The molecule has 0 radical (unpaired) electrons. The third-order valence-electron chi connectivity index (χ3n) is 3.35. The molecule has 1 aliphatic heterocycles. The van der Waals surface area contributed by atoms with Crippen molar-refractivity contribution in [1.29, 1.82) is 0 Å². The number of pyridine rings is 1. The van der Waals surface area contributed by atoms with Gasteiger partial charge >= 0.3 is 0 Å². The van der Waals surface area contributed by atoms with Crippen molar-refractivity contribution in [1.82, 2.24) is 9.88 Å². The van der Waals surface area contributed by atoms with Gasteiger partial charge in [0.1, 0.15) is 6.26 Å². The van der Waals surface area contributed by atoms with Crippen LogP contribution in [0.4, 0.5) is 5.69 Å². The fourth-order valence-corrected chi connectivity index (χ4v) is 2.28. The van der Waals surface area contributed by atoms with Crippen LogP contribution in [-0.2, 0) is 0 Å². The average molecular weight is 257 g/mol. The molecule has 0 N–H and O–H groups in total. The van der Waals surface area contributed by atoms with E-state index >= 15 is 0 Å². The zero-order valence-electron chi connectivity index (χ0n) is 10.5.